The average Bonchev–Trinajstić information content (AvgIpc) is 2.03. The summed E-state index contributed by atoms with van der Waals surface area (Å²) in [5.74, 6) is 0. The molecule has 1 rings (SSSR count). The van der Waals surface area contributed by atoms with Gasteiger partial charge in [0.05, 0.1) is 5.56 Å². The van der Waals surface area contributed by atoms with Crippen molar-refractivity contribution in [2.24, 2.45) is 0 Å². The van der Waals surface area contributed by atoms with Crippen LogP contribution in [-0.2, 0) is 10.2 Å². The maximum absolute atomic E-state index is 12.5. The molecule has 13 heavy (non-hydrogen) atoms. The van der Waals surface area contributed by atoms with Crippen molar-refractivity contribution >= 4 is 21.8 Å². The molecule has 0 fully saturated rings. The summed E-state index contributed by atoms with van der Waals surface area (Å²) in [5.41, 5.74) is -0.257. The van der Waals surface area contributed by atoms with E-state index in [1.807, 2.05) is 0 Å². The minimum Gasteiger partial charge on any atom is -0.192 e. The molecule has 0 aliphatic rings. The number of rotatable bonds is 1. The van der Waals surface area contributed by atoms with Crippen LogP contribution >= 0.6 is 11.6 Å². The van der Waals surface area contributed by atoms with Gasteiger partial charge in [0.1, 0.15) is 11.0 Å². The van der Waals surface area contributed by atoms with Crippen LogP contribution in [0.2, 0.25) is 5.02 Å². The second kappa shape index (κ2) is 3.32. The van der Waals surface area contributed by atoms with E-state index >= 15 is 0 Å². The van der Waals surface area contributed by atoms with Gasteiger partial charge in [-0.1, -0.05) is 11.6 Å². The Morgan fingerprint density at radius 1 is 1.46 bits per heavy atom. The van der Waals surface area contributed by atoms with E-state index in [4.69, 9.17) is 16.9 Å². The number of hydrogen-bond donors (Lipinski definition) is 0. The summed E-state index contributed by atoms with van der Waals surface area (Å²) in [4.78, 5) is -0.692. The Morgan fingerprint density at radius 2 is 2.08 bits per heavy atom. The molecule has 0 radical (unpaired) electrons. The predicted molar refractivity (Wildman–Crippen MR) is 44.5 cm³/mol. The fourth-order valence-corrected chi connectivity index (χ4v) is 1.67. The van der Waals surface area contributed by atoms with E-state index < -0.39 is 15.1 Å². The highest BCUT2D eigenvalue weighted by molar-refractivity contribution is 7.86. The van der Waals surface area contributed by atoms with E-state index in [-0.39, 0.29) is 10.6 Å². The first-order valence-electron chi connectivity index (χ1n) is 3.09. The molecule has 0 unspecified atom stereocenters. The van der Waals surface area contributed by atoms with E-state index in [0.29, 0.717) is 0 Å². The molecule has 3 nitrogen and oxygen atoms in total. The minimum absolute atomic E-state index is 0.0650. The molecule has 0 spiro atoms. The van der Waals surface area contributed by atoms with Gasteiger partial charge < -0.3 is 0 Å². The van der Waals surface area contributed by atoms with Crippen LogP contribution < -0.4 is 0 Å². The predicted octanol–water partition coefficient (Wildman–Crippen LogP) is 1.87. The first kappa shape index (κ1) is 9.96. The van der Waals surface area contributed by atoms with Gasteiger partial charge >= 0.3 is 10.2 Å². The number of benzene rings is 1. The molecule has 0 aliphatic heterocycles. The highest BCUT2D eigenvalue weighted by Crippen LogP contribution is 2.21. The molecule has 0 saturated carbocycles. The van der Waals surface area contributed by atoms with Crippen molar-refractivity contribution in [1.82, 2.24) is 0 Å². The molecule has 0 N–H and O–H groups in total. The molecule has 0 heterocycles. The molecule has 0 aromatic heterocycles. The monoisotopic (exact) mass is 219 g/mol. The smallest absolute Gasteiger partial charge is 0.192 e. The topological polar surface area (TPSA) is 57.9 Å². The largest absolute Gasteiger partial charge is 0.333 e. The lowest BCUT2D eigenvalue weighted by Crippen LogP contribution is -1.95. The van der Waals surface area contributed by atoms with Crippen LogP contribution in [0.25, 0.3) is 0 Å². The van der Waals surface area contributed by atoms with Gasteiger partial charge in [-0.05, 0) is 18.2 Å². The number of halogens is 2. The Bertz CT molecular complexity index is 478. The zero-order valence-corrected chi connectivity index (χ0v) is 7.73. The Hall–Kier alpha value is -1.12. The van der Waals surface area contributed by atoms with Gasteiger partial charge in [0.25, 0.3) is 0 Å². The van der Waals surface area contributed by atoms with Gasteiger partial charge in [0.15, 0.2) is 0 Å². The molecule has 0 saturated heterocycles. The van der Waals surface area contributed by atoms with Gasteiger partial charge in [-0.3, -0.25) is 0 Å². The summed E-state index contributed by atoms with van der Waals surface area (Å²) in [7, 11) is -4.88. The fourth-order valence-electron chi connectivity index (χ4n) is 0.790. The lowest BCUT2D eigenvalue weighted by molar-refractivity contribution is 0.552. The van der Waals surface area contributed by atoms with E-state index in [0.717, 1.165) is 12.1 Å². The van der Waals surface area contributed by atoms with Gasteiger partial charge in [0.2, 0.25) is 0 Å². The quantitative estimate of drug-likeness (QED) is 0.678. The van der Waals surface area contributed by atoms with Crippen molar-refractivity contribution in [3.63, 3.8) is 0 Å². The van der Waals surface area contributed by atoms with Gasteiger partial charge in [-0.25, -0.2) is 0 Å². The van der Waals surface area contributed by atoms with Crippen molar-refractivity contribution in [1.29, 1.82) is 5.26 Å². The third-order valence-corrected chi connectivity index (χ3v) is 2.43. The van der Waals surface area contributed by atoms with E-state index in [9.17, 15) is 12.3 Å². The molecule has 0 aliphatic carbocycles. The maximum Gasteiger partial charge on any atom is 0.333 e. The number of hydrogen-bond acceptors (Lipinski definition) is 3. The van der Waals surface area contributed by atoms with Crippen LogP contribution in [0.4, 0.5) is 3.89 Å². The van der Waals surface area contributed by atoms with E-state index in [2.05, 4.69) is 0 Å². The lowest BCUT2D eigenvalue weighted by Gasteiger charge is -1.97. The molecule has 0 atom stereocenters. The molecule has 0 bridgehead atoms. The van der Waals surface area contributed by atoms with Crippen molar-refractivity contribution in [3.8, 4) is 6.07 Å². The van der Waals surface area contributed by atoms with Crippen molar-refractivity contribution in [3.05, 3.63) is 28.8 Å². The minimum atomic E-state index is -4.88. The summed E-state index contributed by atoms with van der Waals surface area (Å²) in [6.07, 6.45) is 0. The third-order valence-electron chi connectivity index (χ3n) is 1.33. The fraction of sp³-hybridized carbons (Fsp3) is 0. The molecule has 6 heteroatoms. The summed E-state index contributed by atoms with van der Waals surface area (Å²) < 4.78 is 33.5. The Balaban J connectivity index is 3.53. The molecule has 1 aromatic carbocycles. The average molecular weight is 220 g/mol. The molecule has 1 aromatic rings. The Labute approximate surface area is 79.6 Å². The summed E-state index contributed by atoms with van der Waals surface area (Å²) in [6, 6.07) is 4.91. The summed E-state index contributed by atoms with van der Waals surface area (Å²) in [6.45, 7) is 0. The second-order valence-corrected chi connectivity index (χ2v) is 3.94. The van der Waals surface area contributed by atoms with Crippen molar-refractivity contribution in [2.75, 3.05) is 0 Å². The Morgan fingerprint density at radius 3 is 2.54 bits per heavy atom. The molecular formula is C7H3ClFNO2S. The van der Waals surface area contributed by atoms with Gasteiger partial charge in [-0.15, -0.1) is 3.89 Å². The number of nitriles is 1. The second-order valence-electron chi connectivity index (χ2n) is 2.19. The van der Waals surface area contributed by atoms with Crippen LogP contribution in [0.5, 0.6) is 0 Å². The van der Waals surface area contributed by atoms with Crippen LogP contribution in [0.3, 0.4) is 0 Å². The number of nitrogens with zero attached hydrogens (tertiary/aromatic N) is 1. The molecule has 68 valence electrons. The van der Waals surface area contributed by atoms with E-state index in [1.165, 1.54) is 6.07 Å². The zero-order chi connectivity index (χ0) is 10.1. The molecule has 0 amide bonds. The van der Waals surface area contributed by atoms with E-state index in [1.54, 1.807) is 6.07 Å². The van der Waals surface area contributed by atoms with Gasteiger partial charge in [-0.2, -0.15) is 13.7 Å². The normalized spacial score (nSPS) is 10.8. The van der Waals surface area contributed by atoms with Crippen LogP contribution in [0, 0.1) is 11.3 Å². The zero-order valence-electron chi connectivity index (χ0n) is 6.16. The SMILES string of the molecule is N#Cc1ccc(Cl)cc1S(=O)(=O)F. The first-order valence-corrected chi connectivity index (χ1v) is 4.85. The first-order chi connectivity index (χ1) is 5.95. The Kier molecular flexibility index (Phi) is 2.55. The van der Waals surface area contributed by atoms with Crippen LogP contribution in [0.15, 0.2) is 23.1 Å². The summed E-state index contributed by atoms with van der Waals surface area (Å²) >= 11 is 5.44. The highest BCUT2D eigenvalue weighted by Gasteiger charge is 2.17. The van der Waals surface area contributed by atoms with Gasteiger partial charge in [0, 0.05) is 5.02 Å². The summed E-state index contributed by atoms with van der Waals surface area (Å²) in [5, 5.41) is 8.51. The standard InChI is InChI=1S/C7H3ClFNO2S/c8-6-2-1-5(4-10)7(3-6)13(9,11)12/h1-3H. The van der Waals surface area contributed by atoms with Crippen molar-refractivity contribution < 1.29 is 12.3 Å². The van der Waals surface area contributed by atoms with Crippen molar-refractivity contribution in [2.45, 2.75) is 4.90 Å². The van der Waals surface area contributed by atoms with Crippen LogP contribution in [0.1, 0.15) is 5.56 Å². The third kappa shape index (κ3) is 2.17. The maximum atomic E-state index is 12.5. The molecular weight excluding hydrogens is 217 g/mol. The highest BCUT2D eigenvalue weighted by atomic mass is 35.5. The lowest BCUT2D eigenvalue weighted by atomic mass is 10.2. The van der Waals surface area contributed by atoms with Crippen LogP contribution in [-0.4, -0.2) is 8.42 Å².